The van der Waals surface area contributed by atoms with Gasteiger partial charge in [0.2, 0.25) is 0 Å². The van der Waals surface area contributed by atoms with Crippen LogP contribution in [0.4, 0.5) is 0 Å². The van der Waals surface area contributed by atoms with E-state index in [1.54, 1.807) is 18.9 Å². The van der Waals surface area contributed by atoms with Gasteiger partial charge in [0.25, 0.3) is 0 Å². The molecule has 0 saturated heterocycles. The zero-order valence-electron chi connectivity index (χ0n) is 9.85. The number of aromatic nitrogens is 1. The molecular formula is C12H19NO2S. The van der Waals surface area contributed by atoms with Crippen LogP contribution in [0.3, 0.4) is 0 Å². The van der Waals surface area contributed by atoms with Crippen molar-refractivity contribution >= 4 is 11.8 Å². The van der Waals surface area contributed by atoms with Crippen LogP contribution in [0.2, 0.25) is 0 Å². The van der Waals surface area contributed by atoms with Crippen LogP contribution < -0.4 is 0 Å². The Morgan fingerprint density at radius 2 is 2.31 bits per heavy atom. The lowest BCUT2D eigenvalue weighted by Crippen LogP contribution is -1.98. The molecule has 3 nitrogen and oxygen atoms in total. The van der Waals surface area contributed by atoms with Gasteiger partial charge in [0.15, 0.2) is 0 Å². The number of hydrogen-bond donors (Lipinski definition) is 1. The minimum absolute atomic E-state index is 0.437. The highest BCUT2D eigenvalue weighted by Gasteiger charge is 2.05. The summed E-state index contributed by atoms with van der Waals surface area (Å²) in [6.45, 7) is 2.74. The van der Waals surface area contributed by atoms with Crippen molar-refractivity contribution in [2.24, 2.45) is 0 Å². The molecule has 1 heterocycles. The van der Waals surface area contributed by atoms with E-state index in [-0.39, 0.29) is 0 Å². The zero-order chi connectivity index (χ0) is 11.8. The Morgan fingerprint density at radius 1 is 1.50 bits per heavy atom. The summed E-state index contributed by atoms with van der Waals surface area (Å²) in [4.78, 5) is 5.39. The van der Waals surface area contributed by atoms with Crippen LogP contribution >= 0.6 is 11.8 Å². The molecule has 0 unspecified atom stereocenters. The number of aliphatic hydroxyl groups excluding tert-OH is 1. The molecule has 4 heteroatoms. The molecule has 1 atom stereocenters. The minimum atomic E-state index is -0.437. The van der Waals surface area contributed by atoms with Crippen LogP contribution in [0.15, 0.2) is 23.2 Å². The number of aliphatic hydroxyl groups is 1. The minimum Gasteiger partial charge on any atom is -0.387 e. The maximum absolute atomic E-state index is 9.58. The average Bonchev–Trinajstić information content (AvgIpc) is 2.34. The molecule has 0 bridgehead atoms. The van der Waals surface area contributed by atoms with Gasteiger partial charge in [-0.3, -0.25) is 4.98 Å². The summed E-state index contributed by atoms with van der Waals surface area (Å²) in [6, 6.07) is 3.91. The number of thioether (sulfide) groups is 1. The van der Waals surface area contributed by atoms with E-state index in [2.05, 4.69) is 4.98 Å². The van der Waals surface area contributed by atoms with Crippen LogP contribution in [0.1, 0.15) is 31.6 Å². The standard InChI is InChI=1S/C12H19NO2S/c1-3-12(14)11-6-5-10(9-13-11)16-8-4-7-15-2/h5-6,9,12,14H,3-4,7-8H2,1-2H3/t12-/m1/s1. The van der Waals surface area contributed by atoms with Crippen LogP contribution in [0.25, 0.3) is 0 Å². The summed E-state index contributed by atoms with van der Waals surface area (Å²) in [5, 5.41) is 9.58. The molecule has 90 valence electrons. The molecule has 0 radical (unpaired) electrons. The van der Waals surface area contributed by atoms with Crippen LogP contribution in [-0.4, -0.2) is 29.6 Å². The van der Waals surface area contributed by atoms with Gasteiger partial charge in [0, 0.05) is 30.6 Å². The molecule has 0 aliphatic rings. The predicted octanol–water partition coefficient (Wildman–Crippen LogP) is 2.65. The zero-order valence-corrected chi connectivity index (χ0v) is 10.7. The van der Waals surface area contributed by atoms with Gasteiger partial charge in [0.1, 0.15) is 0 Å². The number of rotatable bonds is 7. The SMILES string of the molecule is CC[C@@H](O)c1ccc(SCCCOC)cn1. The van der Waals surface area contributed by atoms with Crippen molar-refractivity contribution in [2.75, 3.05) is 19.5 Å². The number of pyridine rings is 1. The largest absolute Gasteiger partial charge is 0.387 e. The van der Waals surface area contributed by atoms with Gasteiger partial charge in [-0.1, -0.05) is 6.92 Å². The fourth-order valence-corrected chi connectivity index (χ4v) is 2.07. The quantitative estimate of drug-likeness (QED) is 0.588. The molecule has 16 heavy (non-hydrogen) atoms. The lowest BCUT2D eigenvalue weighted by Gasteiger charge is -2.07. The van der Waals surface area contributed by atoms with Crippen molar-refractivity contribution in [3.8, 4) is 0 Å². The number of nitrogens with zero attached hydrogens (tertiary/aromatic N) is 1. The molecule has 0 aliphatic heterocycles. The van der Waals surface area contributed by atoms with E-state index in [0.29, 0.717) is 6.42 Å². The van der Waals surface area contributed by atoms with E-state index in [1.807, 2.05) is 25.3 Å². The highest BCUT2D eigenvalue weighted by atomic mass is 32.2. The fraction of sp³-hybridized carbons (Fsp3) is 0.583. The normalized spacial score (nSPS) is 12.7. The molecule has 0 amide bonds. The smallest absolute Gasteiger partial charge is 0.0957 e. The second kappa shape index (κ2) is 7.65. The van der Waals surface area contributed by atoms with Gasteiger partial charge in [-0.25, -0.2) is 0 Å². The van der Waals surface area contributed by atoms with E-state index in [0.717, 1.165) is 29.4 Å². The Balaban J connectivity index is 2.39. The molecule has 0 saturated carbocycles. The molecule has 0 aromatic carbocycles. The Labute approximate surface area is 101 Å². The van der Waals surface area contributed by atoms with Gasteiger partial charge in [-0.2, -0.15) is 0 Å². The molecule has 1 N–H and O–H groups in total. The fourth-order valence-electron chi connectivity index (χ4n) is 1.28. The summed E-state index contributed by atoms with van der Waals surface area (Å²) < 4.78 is 4.98. The van der Waals surface area contributed by atoms with E-state index < -0.39 is 6.10 Å². The van der Waals surface area contributed by atoms with Gasteiger partial charge >= 0.3 is 0 Å². The summed E-state index contributed by atoms with van der Waals surface area (Å²) in [5.41, 5.74) is 0.753. The second-order valence-electron chi connectivity index (χ2n) is 3.54. The molecule has 1 aromatic heterocycles. The third-order valence-corrected chi connectivity index (χ3v) is 3.32. The summed E-state index contributed by atoms with van der Waals surface area (Å²) >= 11 is 1.76. The highest BCUT2D eigenvalue weighted by Crippen LogP contribution is 2.20. The topological polar surface area (TPSA) is 42.4 Å². The first-order chi connectivity index (χ1) is 7.77. The Hall–Kier alpha value is -0.580. The summed E-state index contributed by atoms with van der Waals surface area (Å²) in [7, 11) is 1.72. The van der Waals surface area contributed by atoms with Gasteiger partial charge in [0.05, 0.1) is 11.8 Å². The molecular weight excluding hydrogens is 222 g/mol. The van der Waals surface area contributed by atoms with Crippen molar-refractivity contribution in [1.82, 2.24) is 4.98 Å². The van der Waals surface area contributed by atoms with Crippen molar-refractivity contribution in [3.05, 3.63) is 24.0 Å². The maximum atomic E-state index is 9.58. The van der Waals surface area contributed by atoms with Crippen molar-refractivity contribution < 1.29 is 9.84 Å². The monoisotopic (exact) mass is 241 g/mol. The maximum Gasteiger partial charge on any atom is 0.0957 e. The second-order valence-corrected chi connectivity index (χ2v) is 4.71. The van der Waals surface area contributed by atoms with Gasteiger partial charge in [-0.15, -0.1) is 11.8 Å². The number of ether oxygens (including phenoxy) is 1. The third kappa shape index (κ3) is 4.51. The first kappa shape index (κ1) is 13.5. The molecule has 0 fully saturated rings. The lowest BCUT2D eigenvalue weighted by molar-refractivity contribution is 0.169. The first-order valence-electron chi connectivity index (χ1n) is 5.53. The van der Waals surface area contributed by atoms with E-state index in [1.165, 1.54) is 0 Å². The predicted molar refractivity (Wildman–Crippen MR) is 66.7 cm³/mol. The van der Waals surface area contributed by atoms with Crippen LogP contribution in [0, 0.1) is 0 Å². The van der Waals surface area contributed by atoms with Crippen molar-refractivity contribution in [3.63, 3.8) is 0 Å². The van der Waals surface area contributed by atoms with E-state index in [4.69, 9.17) is 4.74 Å². The Morgan fingerprint density at radius 3 is 2.88 bits per heavy atom. The Kier molecular flexibility index (Phi) is 6.45. The van der Waals surface area contributed by atoms with Crippen molar-refractivity contribution in [2.45, 2.75) is 30.8 Å². The Bertz CT molecular complexity index is 290. The number of hydrogen-bond acceptors (Lipinski definition) is 4. The highest BCUT2D eigenvalue weighted by molar-refractivity contribution is 7.99. The van der Waals surface area contributed by atoms with E-state index >= 15 is 0 Å². The molecule has 1 rings (SSSR count). The molecule has 1 aromatic rings. The molecule has 0 aliphatic carbocycles. The first-order valence-corrected chi connectivity index (χ1v) is 6.52. The summed E-state index contributed by atoms with van der Waals surface area (Å²) in [6.07, 6.45) is 3.13. The van der Waals surface area contributed by atoms with Crippen LogP contribution in [-0.2, 0) is 4.74 Å². The average molecular weight is 241 g/mol. The van der Waals surface area contributed by atoms with Crippen LogP contribution in [0.5, 0.6) is 0 Å². The van der Waals surface area contributed by atoms with Crippen molar-refractivity contribution in [1.29, 1.82) is 0 Å². The molecule has 0 spiro atoms. The van der Waals surface area contributed by atoms with Gasteiger partial charge in [-0.05, 0) is 25.0 Å². The third-order valence-electron chi connectivity index (χ3n) is 2.25. The summed E-state index contributed by atoms with van der Waals surface area (Å²) in [5.74, 6) is 1.03. The van der Waals surface area contributed by atoms with Gasteiger partial charge < -0.3 is 9.84 Å². The number of methoxy groups -OCH3 is 1. The lowest BCUT2D eigenvalue weighted by atomic mass is 10.2. The van der Waals surface area contributed by atoms with E-state index in [9.17, 15) is 5.11 Å².